The van der Waals surface area contributed by atoms with Gasteiger partial charge < -0.3 is 0 Å². The van der Waals surface area contributed by atoms with E-state index in [1.54, 1.807) is 6.07 Å². The number of aryl methyl sites for hydroxylation is 1. The van der Waals surface area contributed by atoms with Crippen LogP contribution in [-0.4, -0.2) is 6.04 Å². The molecule has 2 nitrogen and oxygen atoms in total. The fraction of sp³-hybridized carbons (Fsp3) is 0.294. The van der Waals surface area contributed by atoms with Crippen LogP contribution in [0.2, 0.25) is 5.02 Å². The summed E-state index contributed by atoms with van der Waals surface area (Å²) in [4.78, 5) is 0. The Morgan fingerprint density at radius 2 is 1.90 bits per heavy atom. The van der Waals surface area contributed by atoms with Gasteiger partial charge in [0.15, 0.2) is 0 Å². The first-order valence-electron chi connectivity index (χ1n) is 7.13. The van der Waals surface area contributed by atoms with Gasteiger partial charge in [-0.2, -0.15) is 0 Å². The van der Waals surface area contributed by atoms with Crippen molar-refractivity contribution in [3.05, 3.63) is 70.5 Å². The van der Waals surface area contributed by atoms with E-state index < -0.39 is 0 Å². The summed E-state index contributed by atoms with van der Waals surface area (Å²) in [5.41, 5.74) is 4.91. The van der Waals surface area contributed by atoms with Crippen LogP contribution < -0.4 is 11.3 Å². The lowest BCUT2D eigenvalue weighted by Crippen LogP contribution is -2.36. The Kier molecular flexibility index (Phi) is 6.18. The summed E-state index contributed by atoms with van der Waals surface area (Å²) in [7, 11) is 0. The topological polar surface area (TPSA) is 38.0 Å². The summed E-state index contributed by atoms with van der Waals surface area (Å²) in [6.45, 7) is 0. The van der Waals surface area contributed by atoms with Crippen molar-refractivity contribution in [2.75, 3.05) is 0 Å². The maximum atomic E-state index is 13.3. The molecule has 0 spiro atoms. The van der Waals surface area contributed by atoms with E-state index in [2.05, 4.69) is 17.6 Å². The second-order valence-electron chi connectivity index (χ2n) is 5.18. The van der Waals surface area contributed by atoms with Gasteiger partial charge in [-0.1, -0.05) is 41.9 Å². The largest absolute Gasteiger partial charge is 0.271 e. The van der Waals surface area contributed by atoms with E-state index in [4.69, 9.17) is 17.4 Å². The van der Waals surface area contributed by atoms with Gasteiger partial charge in [0.2, 0.25) is 0 Å². The molecule has 0 saturated carbocycles. The molecular weight excluding hydrogens is 287 g/mol. The van der Waals surface area contributed by atoms with Crippen LogP contribution in [0.25, 0.3) is 0 Å². The Morgan fingerprint density at radius 1 is 1.14 bits per heavy atom. The number of nitrogens with two attached hydrogens (primary N) is 1. The van der Waals surface area contributed by atoms with Crippen LogP contribution in [0.1, 0.15) is 24.0 Å². The minimum Gasteiger partial charge on any atom is -0.271 e. The molecule has 0 aliphatic rings. The number of hydrazine groups is 1. The number of hydrogen-bond donors (Lipinski definition) is 2. The molecule has 0 heterocycles. The van der Waals surface area contributed by atoms with Crippen LogP contribution in [0.4, 0.5) is 4.39 Å². The molecule has 1 atom stereocenters. The van der Waals surface area contributed by atoms with Crippen LogP contribution in [-0.2, 0) is 12.8 Å². The third-order valence-electron chi connectivity index (χ3n) is 3.57. The predicted octanol–water partition coefficient (Wildman–Crippen LogP) is 3.88. The Labute approximate surface area is 130 Å². The van der Waals surface area contributed by atoms with Crippen LogP contribution in [0.5, 0.6) is 0 Å². The minimum absolute atomic E-state index is 0.0908. The van der Waals surface area contributed by atoms with Gasteiger partial charge in [-0.3, -0.25) is 11.3 Å². The Bertz CT molecular complexity index is 560. The van der Waals surface area contributed by atoms with Crippen LogP contribution in [0.15, 0.2) is 48.5 Å². The molecule has 0 aromatic heterocycles. The molecule has 3 N–H and O–H groups in total. The highest BCUT2D eigenvalue weighted by Crippen LogP contribution is 2.20. The molecule has 0 fully saturated rings. The fourth-order valence-corrected chi connectivity index (χ4v) is 2.60. The Hall–Kier alpha value is -1.42. The highest BCUT2D eigenvalue weighted by molar-refractivity contribution is 6.31. The lowest BCUT2D eigenvalue weighted by atomic mass is 9.99. The molecule has 0 amide bonds. The van der Waals surface area contributed by atoms with Gasteiger partial charge in [0.1, 0.15) is 5.82 Å². The first kappa shape index (κ1) is 16.0. The minimum atomic E-state index is -0.269. The fourth-order valence-electron chi connectivity index (χ4n) is 2.41. The molecule has 0 bridgehead atoms. The molecule has 0 aliphatic carbocycles. The maximum absolute atomic E-state index is 13.3. The first-order valence-corrected chi connectivity index (χ1v) is 7.51. The smallest absolute Gasteiger partial charge is 0.123 e. The first-order chi connectivity index (χ1) is 10.2. The van der Waals surface area contributed by atoms with Gasteiger partial charge in [-0.05, 0) is 55.0 Å². The van der Waals surface area contributed by atoms with Gasteiger partial charge in [0, 0.05) is 11.1 Å². The summed E-state index contributed by atoms with van der Waals surface area (Å²) in [5.74, 6) is 5.33. The van der Waals surface area contributed by atoms with E-state index in [1.807, 2.05) is 18.2 Å². The molecule has 0 aliphatic heterocycles. The SMILES string of the molecule is NNC(CCCc1ccccc1)Cc1cc(F)ccc1Cl. The highest BCUT2D eigenvalue weighted by Gasteiger charge is 2.11. The molecule has 0 saturated heterocycles. The van der Waals surface area contributed by atoms with E-state index in [0.29, 0.717) is 11.4 Å². The second kappa shape index (κ2) is 8.13. The van der Waals surface area contributed by atoms with Crippen LogP contribution in [0.3, 0.4) is 0 Å². The molecule has 2 rings (SSSR count). The number of rotatable bonds is 7. The van der Waals surface area contributed by atoms with E-state index in [1.165, 1.54) is 17.7 Å². The predicted molar refractivity (Wildman–Crippen MR) is 85.6 cm³/mol. The summed E-state index contributed by atoms with van der Waals surface area (Å²) in [5, 5.41) is 0.583. The molecule has 1 unspecified atom stereocenters. The van der Waals surface area contributed by atoms with Gasteiger partial charge in [0.05, 0.1) is 0 Å². The van der Waals surface area contributed by atoms with Gasteiger partial charge in [0.25, 0.3) is 0 Å². The van der Waals surface area contributed by atoms with Gasteiger partial charge in [-0.25, -0.2) is 4.39 Å². The van der Waals surface area contributed by atoms with Crippen molar-refractivity contribution in [3.63, 3.8) is 0 Å². The third-order valence-corrected chi connectivity index (χ3v) is 3.94. The third kappa shape index (κ3) is 5.12. The van der Waals surface area contributed by atoms with Crippen LogP contribution >= 0.6 is 11.6 Å². The highest BCUT2D eigenvalue weighted by atomic mass is 35.5. The molecule has 2 aromatic rings. The molecule has 2 aromatic carbocycles. The zero-order valence-electron chi connectivity index (χ0n) is 11.9. The lowest BCUT2D eigenvalue weighted by Gasteiger charge is -2.16. The lowest BCUT2D eigenvalue weighted by molar-refractivity contribution is 0.475. The van der Waals surface area contributed by atoms with E-state index >= 15 is 0 Å². The number of benzene rings is 2. The summed E-state index contributed by atoms with van der Waals surface area (Å²) >= 11 is 6.09. The van der Waals surface area contributed by atoms with Crippen molar-refractivity contribution in [2.45, 2.75) is 31.7 Å². The number of hydrogen-bond acceptors (Lipinski definition) is 2. The van der Waals surface area contributed by atoms with Crippen molar-refractivity contribution >= 4 is 11.6 Å². The average Bonchev–Trinajstić information content (AvgIpc) is 2.51. The normalized spacial score (nSPS) is 12.3. The molecule has 4 heteroatoms. The van der Waals surface area contributed by atoms with E-state index in [9.17, 15) is 4.39 Å². The monoisotopic (exact) mass is 306 g/mol. The average molecular weight is 307 g/mol. The van der Waals surface area contributed by atoms with Gasteiger partial charge in [-0.15, -0.1) is 0 Å². The number of nitrogens with one attached hydrogen (secondary N) is 1. The zero-order chi connectivity index (χ0) is 15.1. The Balaban J connectivity index is 1.87. The molecule has 0 radical (unpaired) electrons. The maximum Gasteiger partial charge on any atom is 0.123 e. The van der Waals surface area contributed by atoms with Crippen molar-refractivity contribution in [2.24, 2.45) is 5.84 Å². The van der Waals surface area contributed by atoms with E-state index in [-0.39, 0.29) is 11.9 Å². The quantitative estimate of drug-likeness (QED) is 0.602. The second-order valence-corrected chi connectivity index (χ2v) is 5.59. The summed E-state index contributed by atoms with van der Waals surface area (Å²) in [6, 6.07) is 14.9. The zero-order valence-corrected chi connectivity index (χ0v) is 12.6. The van der Waals surface area contributed by atoms with Crippen LogP contribution in [0, 0.1) is 5.82 Å². The number of halogens is 2. The molecule has 112 valence electrons. The van der Waals surface area contributed by atoms with Crippen molar-refractivity contribution in [3.8, 4) is 0 Å². The van der Waals surface area contributed by atoms with Crippen molar-refractivity contribution in [1.82, 2.24) is 5.43 Å². The van der Waals surface area contributed by atoms with Gasteiger partial charge >= 0.3 is 0 Å². The Morgan fingerprint density at radius 3 is 2.62 bits per heavy atom. The van der Waals surface area contributed by atoms with Crippen molar-refractivity contribution in [1.29, 1.82) is 0 Å². The molecular formula is C17H20ClFN2. The molecule has 21 heavy (non-hydrogen) atoms. The van der Waals surface area contributed by atoms with E-state index in [0.717, 1.165) is 24.8 Å². The summed E-state index contributed by atoms with van der Waals surface area (Å²) in [6.07, 6.45) is 3.57. The van der Waals surface area contributed by atoms with Crippen molar-refractivity contribution < 1.29 is 4.39 Å². The summed E-state index contributed by atoms with van der Waals surface area (Å²) < 4.78 is 13.3. The standard InChI is InChI=1S/C17H20ClFN2/c18-17-10-9-15(19)11-14(17)12-16(21-20)8-4-7-13-5-2-1-3-6-13/h1-3,5-6,9-11,16,21H,4,7-8,12,20H2.